The largest absolute Gasteiger partial charge is 0.491 e. The van der Waals surface area contributed by atoms with E-state index >= 15 is 0 Å². The molecule has 1 aromatic carbocycles. The maximum atomic E-state index is 10.6. The Hall–Kier alpha value is -1.10. The molecule has 19 heavy (non-hydrogen) atoms. The molecule has 0 fully saturated rings. The summed E-state index contributed by atoms with van der Waals surface area (Å²) in [6, 6.07) is 7.47. The van der Waals surface area contributed by atoms with E-state index in [0.29, 0.717) is 6.42 Å². The molecule has 0 heterocycles. The lowest BCUT2D eigenvalue weighted by atomic mass is 9.92. The highest BCUT2D eigenvalue weighted by atomic mass is 16.7. The second-order valence-corrected chi connectivity index (χ2v) is 5.07. The Bertz CT molecular complexity index is 383. The first kappa shape index (κ1) is 16.0. The predicted octanol–water partition coefficient (Wildman–Crippen LogP) is 2.69. The zero-order valence-electron chi connectivity index (χ0n) is 12.3. The molecule has 0 bridgehead atoms. The first-order chi connectivity index (χ1) is 8.89. The molecule has 1 rings (SSSR count). The number of ether oxygens (including phenoxy) is 3. The molecule has 0 aliphatic heterocycles. The summed E-state index contributed by atoms with van der Waals surface area (Å²) in [5, 5.41) is 10.6. The van der Waals surface area contributed by atoms with Gasteiger partial charge in [-0.2, -0.15) is 0 Å². The van der Waals surface area contributed by atoms with Gasteiger partial charge in [-0.1, -0.05) is 12.1 Å². The first-order valence-corrected chi connectivity index (χ1v) is 6.44. The second kappa shape index (κ2) is 6.89. The topological polar surface area (TPSA) is 47.9 Å². The predicted molar refractivity (Wildman–Crippen MR) is 74.2 cm³/mol. The van der Waals surface area contributed by atoms with Crippen LogP contribution in [0, 0.1) is 0 Å². The third-order valence-corrected chi connectivity index (χ3v) is 2.92. The number of hydrogen-bond acceptors (Lipinski definition) is 4. The van der Waals surface area contributed by atoms with E-state index in [1.54, 1.807) is 21.1 Å². The average molecular weight is 268 g/mol. The van der Waals surface area contributed by atoms with E-state index in [1.807, 2.05) is 38.1 Å². The van der Waals surface area contributed by atoms with E-state index in [2.05, 4.69) is 0 Å². The van der Waals surface area contributed by atoms with Crippen molar-refractivity contribution >= 4 is 0 Å². The molecule has 0 saturated carbocycles. The van der Waals surface area contributed by atoms with Gasteiger partial charge in [0.1, 0.15) is 5.75 Å². The molecule has 4 heteroatoms. The number of rotatable bonds is 7. The van der Waals surface area contributed by atoms with Crippen LogP contribution < -0.4 is 4.74 Å². The van der Waals surface area contributed by atoms with E-state index < -0.39 is 11.9 Å². The molecule has 0 aliphatic carbocycles. The van der Waals surface area contributed by atoms with Crippen LogP contribution in [-0.4, -0.2) is 31.7 Å². The Kier molecular flexibility index (Phi) is 5.79. The van der Waals surface area contributed by atoms with Gasteiger partial charge in [-0.05, 0) is 38.5 Å². The maximum absolute atomic E-state index is 10.6. The molecule has 0 saturated heterocycles. The van der Waals surface area contributed by atoms with Gasteiger partial charge in [0.25, 0.3) is 0 Å². The van der Waals surface area contributed by atoms with Gasteiger partial charge in [0, 0.05) is 20.6 Å². The van der Waals surface area contributed by atoms with Crippen molar-refractivity contribution in [3.8, 4) is 5.75 Å². The monoisotopic (exact) mass is 268 g/mol. The fraction of sp³-hybridized carbons (Fsp3) is 0.600. The molecule has 0 radical (unpaired) electrons. The van der Waals surface area contributed by atoms with Crippen LogP contribution in [0.25, 0.3) is 0 Å². The van der Waals surface area contributed by atoms with E-state index in [0.717, 1.165) is 11.3 Å². The van der Waals surface area contributed by atoms with Crippen LogP contribution in [0.3, 0.4) is 0 Å². The van der Waals surface area contributed by atoms with Crippen LogP contribution in [-0.2, 0) is 15.1 Å². The minimum atomic E-state index is -1.03. The standard InChI is InChI=1S/C15H24O4/c1-11(2)19-13-8-6-7-12(9-13)15(3,16)10-14(17-4)18-5/h6-9,11,14,16H,10H2,1-5H3. The quantitative estimate of drug-likeness (QED) is 0.772. The van der Waals surface area contributed by atoms with Crippen LogP contribution >= 0.6 is 0 Å². The number of aliphatic hydroxyl groups is 1. The van der Waals surface area contributed by atoms with Crippen LogP contribution in [0.1, 0.15) is 32.8 Å². The summed E-state index contributed by atoms with van der Waals surface area (Å²) in [6.45, 7) is 5.68. The third kappa shape index (κ3) is 4.82. The normalized spacial score (nSPS) is 14.7. The Morgan fingerprint density at radius 2 is 1.84 bits per heavy atom. The molecule has 0 aliphatic rings. The Balaban J connectivity index is 2.87. The number of hydrogen-bond donors (Lipinski definition) is 1. The van der Waals surface area contributed by atoms with Crippen molar-refractivity contribution in [1.29, 1.82) is 0 Å². The molecule has 1 aromatic rings. The van der Waals surface area contributed by atoms with Gasteiger partial charge in [-0.15, -0.1) is 0 Å². The van der Waals surface area contributed by atoms with Crippen LogP contribution in [0.5, 0.6) is 5.75 Å². The highest BCUT2D eigenvalue weighted by Gasteiger charge is 2.28. The molecule has 108 valence electrons. The molecule has 1 atom stereocenters. The Morgan fingerprint density at radius 3 is 2.37 bits per heavy atom. The van der Waals surface area contributed by atoms with E-state index in [1.165, 1.54) is 0 Å². The van der Waals surface area contributed by atoms with Crippen molar-refractivity contribution in [2.24, 2.45) is 0 Å². The summed E-state index contributed by atoms with van der Waals surface area (Å²) in [5.74, 6) is 0.749. The van der Waals surface area contributed by atoms with Gasteiger partial charge in [0.15, 0.2) is 6.29 Å². The smallest absolute Gasteiger partial charge is 0.159 e. The molecule has 1 N–H and O–H groups in total. The summed E-state index contributed by atoms with van der Waals surface area (Å²) in [4.78, 5) is 0. The van der Waals surface area contributed by atoms with Gasteiger partial charge in [0.2, 0.25) is 0 Å². The van der Waals surface area contributed by atoms with Crippen LogP contribution in [0.15, 0.2) is 24.3 Å². The summed E-state index contributed by atoms with van der Waals surface area (Å²) >= 11 is 0. The van der Waals surface area contributed by atoms with Gasteiger partial charge in [0.05, 0.1) is 11.7 Å². The second-order valence-electron chi connectivity index (χ2n) is 5.07. The molecule has 0 aromatic heterocycles. The van der Waals surface area contributed by atoms with Crippen molar-refractivity contribution in [2.45, 2.75) is 45.2 Å². The molecular weight excluding hydrogens is 244 g/mol. The van der Waals surface area contributed by atoms with Crippen molar-refractivity contribution in [3.05, 3.63) is 29.8 Å². The number of benzene rings is 1. The molecule has 4 nitrogen and oxygen atoms in total. The zero-order chi connectivity index (χ0) is 14.5. The van der Waals surface area contributed by atoms with Crippen molar-refractivity contribution in [1.82, 2.24) is 0 Å². The molecular formula is C15H24O4. The highest BCUT2D eigenvalue weighted by Crippen LogP contribution is 2.29. The minimum Gasteiger partial charge on any atom is -0.491 e. The number of methoxy groups -OCH3 is 2. The summed E-state index contributed by atoms with van der Waals surface area (Å²) < 4.78 is 15.9. The van der Waals surface area contributed by atoms with Crippen molar-refractivity contribution in [2.75, 3.05) is 14.2 Å². The van der Waals surface area contributed by atoms with Crippen LogP contribution in [0.4, 0.5) is 0 Å². The first-order valence-electron chi connectivity index (χ1n) is 6.44. The molecule has 0 amide bonds. The van der Waals surface area contributed by atoms with Crippen molar-refractivity contribution in [3.63, 3.8) is 0 Å². The summed E-state index contributed by atoms with van der Waals surface area (Å²) in [6.07, 6.45) is 0.0149. The highest BCUT2D eigenvalue weighted by molar-refractivity contribution is 5.32. The van der Waals surface area contributed by atoms with E-state index in [9.17, 15) is 5.11 Å². The van der Waals surface area contributed by atoms with Gasteiger partial charge < -0.3 is 19.3 Å². The van der Waals surface area contributed by atoms with Crippen LogP contribution in [0.2, 0.25) is 0 Å². The lowest BCUT2D eigenvalue weighted by molar-refractivity contribution is -0.142. The summed E-state index contributed by atoms with van der Waals surface area (Å²) in [7, 11) is 3.12. The lowest BCUT2D eigenvalue weighted by Crippen LogP contribution is -2.29. The average Bonchev–Trinajstić information content (AvgIpc) is 2.35. The Morgan fingerprint density at radius 1 is 1.21 bits per heavy atom. The van der Waals surface area contributed by atoms with Crippen molar-refractivity contribution < 1.29 is 19.3 Å². The fourth-order valence-electron chi connectivity index (χ4n) is 1.88. The van der Waals surface area contributed by atoms with Gasteiger partial charge in [-0.25, -0.2) is 0 Å². The zero-order valence-corrected chi connectivity index (χ0v) is 12.3. The minimum absolute atomic E-state index is 0.103. The van der Waals surface area contributed by atoms with E-state index in [4.69, 9.17) is 14.2 Å². The van der Waals surface area contributed by atoms with Gasteiger partial charge in [-0.3, -0.25) is 0 Å². The Labute approximate surface area is 115 Å². The fourth-order valence-corrected chi connectivity index (χ4v) is 1.88. The SMILES string of the molecule is COC(CC(C)(O)c1cccc(OC(C)C)c1)OC. The maximum Gasteiger partial charge on any atom is 0.159 e. The summed E-state index contributed by atoms with van der Waals surface area (Å²) in [5.41, 5.74) is -0.253. The molecule has 1 unspecified atom stereocenters. The van der Waals surface area contributed by atoms with Gasteiger partial charge >= 0.3 is 0 Å². The third-order valence-electron chi connectivity index (χ3n) is 2.92. The van der Waals surface area contributed by atoms with E-state index in [-0.39, 0.29) is 6.10 Å². The molecule has 0 spiro atoms. The lowest BCUT2D eigenvalue weighted by Gasteiger charge is -2.28.